The Labute approximate surface area is 164 Å². The Morgan fingerprint density at radius 2 is 1.93 bits per heavy atom. The molecule has 1 heterocycles. The van der Waals surface area contributed by atoms with Gasteiger partial charge in [-0.1, -0.05) is 35.3 Å². The minimum Gasteiger partial charge on any atom is -0.448 e. The quantitative estimate of drug-likeness (QED) is 0.667. The topological polar surface area (TPSA) is 62.6 Å². The molecule has 0 atom stereocenters. The van der Waals surface area contributed by atoms with E-state index >= 15 is 0 Å². The maximum absolute atomic E-state index is 13.9. The van der Waals surface area contributed by atoms with Crippen molar-refractivity contribution in [1.29, 1.82) is 0 Å². The molecule has 3 rings (SSSR count). The summed E-state index contributed by atoms with van der Waals surface area (Å²) in [7, 11) is 1.46. The van der Waals surface area contributed by atoms with Crippen LogP contribution in [0.2, 0.25) is 10.0 Å². The van der Waals surface area contributed by atoms with Crippen LogP contribution in [0.1, 0.15) is 16.1 Å². The second kappa shape index (κ2) is 7.58. The molecule has 5 nitrogen and oxygen atoms in total. The number of furan rings is 1. The van der Waals surface area contributed by atoms with E-state index < -0.39 is 17.6 Å². The van der Waals surface area contributed by atoms with Gasteiger partial charge in [-0.25, -0.2) is 4.39 Å². The molecule has 0 aliphatic carbocycles. The molecular weight excluding hydrogens is 394 g/mol. The first-order valence-corrected chi connectivity index (χ1v) is 8.71. The molecule has 2 aromatic carbocycles. The Bertz CT molecular complexity index is 1050. The molecule has 140 valence electrons. The highest BCUT2D eigenvalue weighted by molar-refractivity contribution is 6.42. The third-order valence-electron chi connectivity index (χ3n) is 4.04. The van der Waals surface area contributed by atoms with Crippen molar-refractivity contribution in [2.45, 2.75) is 6.92 Å². The van der Waals surface area contributed by atoms with E-state index in [1.165, 1.54) is 24.1 Å². The molecule has 0 bridgehead atoms. The zero-order chi connectivity index (χ0) is 19.7. The van der Waals surface area contributed by atoms with Gasteiger partial charge in [-0.2, -0.15) is 0 Å². The molecule has 0 aliphatic heterocycles. The normalized spacial score (nSPS) is 10.9. The number of para-hydroxylation sites is 1. The Hall–Kier alpha value is -2.57. The van der Waals surface area contributed by atoms with E-state index in [1.54, 1.807) is 31.2 Å². The van der Waals surface area contributed by atoms with E-state index in [9.17, 15) is 14.0 Å². The average Bonchev–Trinajstić information content (AvgIpc) is 2.96. The zero-order valence-electron chi connectivity index (χ0n) is 14.5. The summed E-state index contributed by atoms with van der Waals surface area (Å²) in [5, 5.41) is 3.83. The Morgan fingerprint density at radius 3 is 2.59 bits per heavy atom. The van der Waals surface area contributed by atoms with E-state index in [1.807, 2.05) is 0 Å². The number of halogens is 3. The second-order valence-electron chi connectivity index (χ2n) is 6.01. The summed E-state index contributed by atoms with van der Waals surface area (Å²) < 4.78 is 19.3. The van der Waals surface area contributed by atoms with Crippen molar-refractivity contribution >= 4 is 51.7 Å². The minimum absolute atomic E-state index is 0.0000580. The van der Waals surface area contributed by atoms with E-state index in [4.69, 9.17) is 27.6 Å². The molecule has 1 N–H and O–H groups in total. The fourth-order valence-electron chi connectivity index (χ4n) is 2.65. The number of benzene rings is 2. The Kier molecular flexibility index (Phi) is 5.39. The fraction of sp³-hybridized carbons (Fsp3) is 0.158. The van der Waals surface area contributed by atoms with Gasteiger partial charge in [0.1, 0.15) is 0 Å². The number of amides is 2. The minimum atomic E-state index is -0.547. The van der Waals surface area contributed by atoms with Crippen LogP contribution < -0.4 is 5.32 Å². The molecule has 0 saturated heterocycles. The number of nitrogens with one attached hydrogen (secondary N) is 1. The number of fused-ring (bicyclic) bond motifs is 1. The maximum Gasteiger partial charge on any atom is 0.290 e. The smallest absolute Gasteiger partial charge is 0.290 e. The van der Waals surface area contributed by atoms with Crippen LogP contribution >= 0.6 is 23.2 Å². The van der Waals surface area contributed by atoms with Crippen LogP contribution in [0.25, 0.3) is 11.0 Å². The van der Waals surface area contributed by atoms with Gasteiger partial charge in [-0.15, -0.1) is 0 Å². The molecule has 2 amide bonds. The van der Waals surface area contributed by atoms with Crippen LogP contribution in [-0.4, -0.2) is 30.3 Å². The number of likely N-dealkylation sites (N-methyl/N-ethyl adjacent to an activating group) is 1. The number of carbonyl (C=O) groups is 2. The number of hydrogen-bond donors (Lipinski definition) is 1. The third-order valence-corrected chi connectivity index (χ3v) is 4.78. The number of rotatable bonds is 4. The van der Waals surface area contributed by atoms with Gasteiger partial charge in [-0.05, 0) is 31.2 Å². The molecule has 1 aromatic heterocycles. The average molecular weight is 409 g/mol. The van der Waals surface area contributed by atoms with Gasteiger partial charge >= 0.3 is 0 Å². The second-order valence-corrected chi connectivity index (χ2v) is 6.83. The molecule has 0 unspecified atom stereocenters. The van der Waals surface area contributed by atoms with Crippen LogP contribution in [0.15, 0.2) is 40.8 Å². The molecule has 8 heteroatoms. The van der Waals surface area contributed by atoms with Crippen LogP contribution in [0.4, 0.5) is 10.1 Å². The lowest BCUT2D eigenvalue weighted by atomic mass is 10.1. The molecule has 0 spiro atoms. The number of nitrogens with zero attached hydrogens (tertiary/aromatic N) is 1. The van der Waals surface area contributed by atoms with Crippen molar-refractivity contribution < 1.29 is 18.4 Å². The number of hydrogen-bond acceptors (Lipinski definition) is 3. The monoisotopic (exact) mass is 408 g/mol. The van der Waals surface area contributed by atoms with Crippen molar-refractivity contribution in [3.05, 3.63) is 63.6 Å². The summed E-state index contributed by atoms with van der Waals surface area (Å²) in [5.41, 5.74) is 0.996. The van der Waals surface area contributed by atoms with Gasteiger partial charge < -0.3 is 14.6 Å². The predicted molar refractivity (Wildman–Crippen MR) is 103 cm³/mol. The van der Waals surface area contributed by atoms with Crippen LogP contribution in [0, 0.1) is 12.7 Å². The zero-order valence-corrected chi connectivity index (χ0v) is 16.0. The van der Waals surface area contributed by atoms with Crippen molar-refractivity contribution in [2.75, 3.05) is 18.9 Å². The van der Waals surface area contributed by atoms with Gasteiger partial charge in [0, 0.05) is 23.7 Å². The highest BCUT2D eigenvalue weighted by Crippen LogP contribution is 2.28. The number of aryl methyl sites for hydroxylation is 1. The van der Waals surface area contributed by atoms with Crippen molar-refractivity contribution in [3.8, 4) is 0 Å². The summed E-state index contributed by atoms with van der Waals surface area (Å²) in [6.45, 7) is 1.44. The van der Waals surface area contributed by atoms with Crippen LogP contribution in [0.5, 0.6) is 0 Å². The lowest BCUT2D eigenvalue weighted by Gasteiger charge is -2.16. The Balaban J connectivity index is 1.74. The lowest BCUT2D eigenvalue weighted by molar-refractivity contribution is -0.116. The lowest BCUT2D eigenvalue weighted by Crippen LogP contribution is -2.35. The first-order chi connectivity index (χ1) is 12.8. The van der Waals surface area contributed by atoms with Crippen molar-refractivity contribution in [3.63, 3.8) is 0 Å². The standard InChI is InChI=1S/C19H15Cl2FN2O3/c1-10-12-4-3-5-15(22)18(12)27-17(10)19(26)24(2)9-16(25)23-11-6-7-13(20)14(21)8-11/h3-8H,9H2,1-2H3,(H,23,25). The first-order valence-electron chi connectivity index (χ1n) is 7.96. The van der Waals surface area contributed by atoms with E-state index in [-0.39, 0.29) is 17.9 Å². The van der Waals surface area contributed by atoms with Crippen molar-refractivity contribution in [2.24, 2.45) is 0 Å². The van der Waals surface area contributed by atoms with Gasteiger partial charge in [-0.3, -0.25) is 9.59 Å². The molecule has 0 fully saturated rings. The molecule has 0 radical (unpaired) electrons. The van der Waals surface area contributed by atoms with Crippen LogP contribution in [0.3, 0.4) is 0 Å². The highest BCUT2D eigenvalue weighted by Gasteiger charge is 2.23. The Morgan fingerprint density at radius 1 is 1.19 bits per heavy atom. The van der Waals surface area contributed by atoms with Gasteiger partial charge in [0.05, 0.1) is 16.6 Å². The van der Waals surface area contributed by atoms with Crippen LogP contribution in [-0.2, 0) is 4.79 Å². The summed E-state index contributed by atoms with van der Waals surface area (Å²) in [6, 6.07) is 9.14. The fourth-order valence-corrected chi connectivity index (χ4v) is 2.95. The molecule has 3 aromatic rings. The largest absolute Gasteiger partial charge is 0.448 e. The van der Waals surface area contributed by atoms with Gasteiger partial charge in [0.2, 0.25) is 5.91 Å². The molecule has 27 heavy (non-hydrogen) atoms. The summed E-state index contributed by atoms with van der Waals surface area (Å²) in [4.78, 5) is 26.0. The predicted octanol–water partition coefficient (Wildman–Crippen LogP) is 4.90. The van der Waals surface area contributed by atoms with E-state index in [2.05, 4.69) is 5.32 Å². The summed E-state index contributed by atoms with van der Waals surface area (Å²) in [5.74, 6) is -1.49. The summed E-state index contributed by atoms with van der Waals surface area (Å²) in [6.07, 6.45) is 0. The molecular formula is C19H15Cl2FN2O3. The first kappa shape index (κ1) is 19.2. The van der Waals surface area contributed by atoms with Gasteiger partial charge in [0.25, 0.3) is 5.91 Å². The molecule has 0 aliphatic rings. The van der Waals surface area contributed by atoms with E-state index in [0.29, 0.717) is 26.7 Å². The SMILES string of the molecule is Cc1c(C(=O)N(C)CC(=O)Nc2ccc(Cl)c(Cl)c2)oc2c(F)cccc12. The van der Waals surface area contributed by atoms with Crippen molar-refractivity contribution in [1.82, 2.24) is 4.90 Å². The maximum atomic E-state index is 13.9. The third kappa shape index (κ3) is 3.91. The molecule has 0 saturated carbocycles. The summed E-state index contributed by atoms with van der Waals surface area (Å²) >= 11 is 11.7. The van der Waals surface area contributed by atoms with Gasteiger partial charge in [0.15, 0.2) is 17.2 Å². The number of carbonyl (C=O) groups excluding carboxylic acids is 2. The highest BCUT2D eigenvalue weighted by atomic mass is 35.5. The van der Waals surface area contributed by atoms with E-state index in [0.717, 1.165) is 0 Å². The number of anilines is 1.